The molecule has 0 bridgehead atoms. The number of methoxy groups -OCH3 is 1. The molecule has 0 aromatic heterocycles. The van der Waals surface area contributed by atoms with Crippen LogP contribution in [-0.4, -0.2) is 25.8 Å². The van der Waals surface area contributed by atoms with Gasteiger partial charge in [-0.25, -0.2) is 5.43 Å². The SMILES string of the molecule is COc1ccc(/C=N\NC(=O)CNc2ccc(C)cc2)cc1Cl. The quantitative estimate of drug-likeness (QED) is 0.631. The van der Waals surface area contributed by atoms with E-state index in [2.05, 4.69) is 15.8 Å². The predicted octanol–water partition coefficient (Wildman–Crippen LogP) is 3.22. The maximum atomic E-state index is 11.7. The lowest BCUT2D eigenvalue weighted by Crippen LogP contribution is -2.25. The van der Waals surface area contributed by atoms with Gasteiger partial charge in [0.2, 0.25) is 0 Å². The Hall–Kier alpha value is -2.53. The van der Waals surface area contributed by atoms with Crippen molar-refractivity contribution < 1.29 is 9.53 Å². The monoisotopic (exact) mass is 331 g/mol. The molecule has 120 valence electrons. The van der Waals surface area contributed by atoms with E-state index in [1.165, 1.54) is 11.8 Å². The second-order valence-electron chi connectivity index (χ2n) is 4.91. The first-order chi connectivity index (χ1) is 11.1. The van der Waals surface area contributed by atoms with E-state index in [1.54, 1.807) is 25.3 Å². The number of anilines is 1. The van der Waals surface area contributed by atoms with E-state index >= 15 is 0 Å². The van der Waals surface area contributed by atoms with Gasteiger partial charge in [-0.3, -0.25) is 4.79 Å². The van der Waals surface area contributed by atoms with Crippen molar-refractivity contribution in [1.29, 1.82) is 0 Å². The lowest BCUT2D eigenvalue weighted by Gasteiger charge is -2.05. The minimum atomic E-state index is -0.235. The summed E-state index contributed by atoms with van der Waals surface area (Å²) in [4.78, 5) is 11.7. The first-order valence-corrected chi connectivity index (χ1v) is 7.42. The van der Waals surface area contributed by atoms with Crippen LogP contribution in [0, 0.1) is 6.92 Å². The Kier molecular flexibility index (Phi) is 6.00. The number of nitrogens with zero attached hydrogens (tertiary/aromatic N) is 1. The Morgan fingerprint density at radius 2 is 2.00 bits per heavy atom. The number of nitrogens with one attached hydrogen (secondary N) is 2. The highest BCUT2D eigenvalue weighted by Gasteiger charge is 2.01. The second-order valence-corrected chi connectivity index (χ2v) is 5.31. The molecule has 2 N–H and O–H groups in total. The number of halogens is 1. The minimum Gasteiger partial charge on any atom is -0.495 e. The van der Waals surface area contributed by atoms with Crippen LogP contribution in [0.2, 0.25) is 5.02 Å². The molecule has 0 heterocycles. The summed E-state index contributed by atoms with van der Waals surface area (Å²) in [6, 6.07) is 13.0. The lowest BCUT2D eigenvalue weighted by molar-refractivity contribution is -0.119. The van der Waals surface area contributed by atoms with Crippen LogP contribution in [0.1, 0.15) is 11.1 Å². The number of hydrogen-bond acceptors (Lipinski definition) is 4. The van der Waals surface area contributed by atoms with Crippen LogP contribution in [0.25, 0.3) is 0 Å². The highest BCUT2D eigenvalue weighted by atomic mass is 35.5. The van der Waals surface area contributed by atoms with Gasteiger partial charge in [0, 0.05) is 5.69 Å². The molecular weight excluding hydrogens is 314 g/mol. The third kappa shape index (κ3) is 5.30. The van der Waals surface area contributed by atoms with Gasteiger partial charge in [0.05, 0.1) is 24.9 Å². The molecule has 2 rings (SSSR count). The molecule has 23 heavy (non-hydrogen) atoms. The van der Waals surface area contributed by atoms with Crippen LogP contribution in [0.3, 0.4) is 0 Å². The van der Waals surface area contributed by atoms with E-state index in [9.17, 15) is 4.79 Å². The van der Waals surface area contributed by atoms with Crippen molar-refractivity contribution >= 4 is 29.4 Å². The number of carbonyl (C=O) groups excluding carboxylic acids is 1. The molecule has 2 aromatic carbocycles. The van der Waals surface area contributed by atoms with Crippen molar-refractivity contribution in [3.8, 4) is 5.75 Å². The molecule has 0 atom stereocenters. The number of rotatable bonds is 6. The van der Waals surface area contributed by atoms with Gasteiger partial charge in [-0.1, -0.05) is 29.3 Å². The van der Waals surface area contributed by atoms with Crippen LogP contribution < -0.4 is 15.5 Å². The summed E-state index contributed by atoms with van der Waals surface area (Å²) in [6.07, 6.45) is 1.52. The predicted molar refractivity (Wildman–Crippen MR) is 93.4 cm³/mol. The normalized spacial score (nSPS) is 10.6. The smallest absolute Gasteiger partial charge is 0.259 e. The molecule has 0 aliphatic carbocycles. The summed E-state index contributed by atoms with van der Waals surface area (Å²) in [5, 5.41) is 7.41. The zero-order valence-electron chi connectivity index (χ0n) is 13.0. The van der Waals surface area contributed by atoms with Crippen molar-refractivity contribution in [2.24, 2.45) is 5.10 Å². The molecule has 6 heteroatoms. The molecule has 0 aliphatic rings. The van der Waals surface area contributed by atoms with Gasteiger partial charge in [0.15, 0.2) is 0 Å². The van der Waals surface area contributed by atoms with Crippen molar-refractivity contribution in [3.63, 3.8) is 0 Å². The number of amides is 1. The molecule has 0 saturated heterocycles. The van der Waals surface area contributed by atoms with Gasteiger partial charge >= 0.3 is 0 Å². The summed E-state index contributed by atoms with van der Waals surface area (Å²) in [7, 11) is 1.55. The highest BCUT2D eigenvalue weighted by molar-refractivity contribution is 6.32. The van der Waals surface area contributed by atoms with Crippen LogP contribution >= 0.6 is 11.6 Å². The average molecular weight is 332 g/mol. The van der Waals surface area contributed by atoms with E-state index in [0.717, 1.165) is 11.3 Å². The summed E-state index contributed by atoms with van der Waals surface area (Å²) in [5.41, 5.74) is 5.28. The number of hydrogen-bond donors (Lipinski definition) is 2. The minimum absolute atomic E-state index is 0.143. The Morgan fingerprint density at radius 1 is 1.26 bits per heavy atom. The third-order valence-corrected chi connectivity index (χ3v) is 3.38. The molecule has 0 fully saturated rings. The van der Waals surface area contributed by atoms with Crippen molar-refractivity contribution in [2.75, 3.05) is 19.0 Å². The number of ether oxygens (including phenoxy) is 1. The van der Waals surface area contributed by atoms with E-state index in [0.29, 0.717) is 10.8 Å². The molecule has 0 unspecified atom stereocenters. The maximum absolute atomic E-state index is 11.7. The Labute approximate surface area is 140 Å². The molecule has 2 aromatic rings. The van der Waals surface area contributed by atoms with Gasteiger partial charge in [-0.2, -0.15) is 5.10 Å². The fourth-order valence-electron chi connectivity index (χ4n) is 1.84. The maximum Gasteiger partial charge on any atom is 0.259 e. The van der Waals surface area contributed by atoms with E-state index < -0.39 is 0 Å². The molecule has 1 amide bonds. The van der Waals surface area contributed by atoms with Gasteiger partial charge in [0.1, 0.15) is 5.75 Å². The van der Waals surface area contributed by atoms with Crippen LogP contribution in [0.5, 0.6) is 5.75 Å². The fourth-order valence-corrected chi connectivity index (χ4v) is 2.10. The van der Waals surface area contributed by atoms with Crippen LogP contribution in [0.15, 0.2) is 47.6 Å². The fraction of sp³-hybridized carbons (Fsp3) is 0.176. The molecule has 0 spiro atoms. The van der Waals surface area contributed by atoms with Gasteiger partial charge in [-0.05, 0) is 42.8 Å². The Balaban J connectivity index is 1.81. The summed E-state index contributed by atoms with van der Waals surface area (Å²) < 4.78 is 5.07. The van der Waals surface area contributed by atoms with E-state index in [-0.39, 0.29) is 12.5 Å². The zero-order valence-corrected chi connectivity index (χ0v) is 13.7. The highest BCUT2D eigenvalue weighted by Crippen LogP contribution is 2.24. The second kappa shape index (κ2) is 8.19. The summed E-state index contributed by atoms with van der Waals surface area (Å²) in [6.45, 7) is 2.15. The number of carbonyl (C=O) groups is 1. The van der Waals surface area contributed by atoms with Gasteiger partial charge < -0.3 is 10.1 Å². The molecule has 0 radical (unpaired) electrons. The van der Waals surface area contributed by atoms with Crippen molar-refractivity contribution in [3.05, 3.63) is 58.6 Å². The van der Waals surface area contributed by atoms with E-state index in [1.807, 2.05) is 31.2 Å². The van der Waals surface area contributed by atoms with Crippen LogP contribution in [-0.2, 0) is 4.79 Å². The van der Waals surface area contributed by atoms with E-state index in [4.69, 9.17) is 16.3 Å². The molecular formula is C17H18ClN3O2. The molecule has 0 aliphatic heterocycles. The first kappa shape index (κ1) is 16.8. The van der Waals surface area contributed by atoms with Crippen LogP contribution in [0.4, 0.5) is 5.69 Å². The topological polar surface area (TPSA) is 62.7 Å². The Morgan fingerprint density at radius 3 is 2.65 bits per heavy atom. The van der Waals surface area contributed by atoms with Gasteiger partial charge in [0.25, 0.3) is 5.91 Å². The zero-order chi connectivity index (χ0) is 16.7. The summed E-state index contributed by atoms with van der Waals surface area (Å²) >= 11 is 6.02. The molecule has 5 nitrogen and oxygen atoms in total. The third-order valence-electron chi connectivity index (χ3n) is 3.08. The number of aryl methyl sites for hydroxylation is 1. The first-order valence-electron chi connectivity index (χ1n) is 7.04. The summed E-state index contributed by atoms with van der Waals surface area (Å²) in [5.74, 6) is 0.358. The Bertz CT molecular complexity index is 699. The molecule has 0 saturated carbocycles. The number of benzene rings is 2. The van der Waals surface area contributed by atoms with Crippen molar-refractivity contribution in [2.45, 2.75) is 6.92 Å². The van der Waals surface area contributed by atoms with Gasteiger partial charge in [-0.15, -0.1) is 0 Å². The largest absolute Gasteiger partial charge is 0.495 e. The van der Waals surface area contributed by atoms with Crippen molar-refractivity contribution in [1.82, 2.24) is 5.43 Å². The lowest BCUT2D eigenvalue weighted by atomic mass is 10.2. The standard InChI is InChI=1S/C17H18ClN3O2/c1-12-3-6-14(7-4-12)19-11-17(22)21-20-10-13-5-8-16(23-2)15(18)9-13/h3-10,19H,11H2,1-2H3,(H,21,22)/b20-10-. The number of hydrazone groups is 1. The average Bonchev–Trinajstić information content (AvgIpc) is 2.54.